The number of thioether (sulfide) groups is 1. The normalized spacial score (nSPS) is 24.3. The van der Waals surface area contributed by atoms with Crippen molar-refractivity contribution >= 4 is 11.8 Å². The Balaban J connectivity index is 1.29. The summed E-state index contributed by atoms with van der Waals surface area (Å²) < 4.78 is 20.2. The Morgan fingerprint density at radius 3 is 2.66 bits per heavy atom. The fraction of sp³-hybridized carbons (Fsp3) is 0.500. The van der Waals surface area contributed by atoms with Gasteiger partial charge in [0.15, 0.2) is 5.76 Å². The van der Waals surface area contributed by atoms with E-state index in [9.17, 15) is 4.39 Å². The number of likely N-dealkylation sites (tertiary alicyclic amines) is 1. The van der Waals surface area contributed by atoms with Crippen molar-refractivity contribution < 1.29 is 13.7 Å². The van der Waals surface area contributed by atoms with E-state index in [-0.39, 0.29) is 11.7 Å². The molecule has 1 aliphatic carbocycles. The Morgan fingerprint density at radius 1 is 1.06 bits per heavy atom. The van der Waals surface area contributed by atoms with E-state index in [0.717, 1.165) is 36.2 Å². The second-order valence-corrected chi connectivity index (χ2v) is 11.7. The number of aromatic nitrogens is 1. The van der Waals surface area contributed by atoms with Gasteiger partial charge in [-0.3, -0.25) is 0 Å². The minimum atomic E-state index is -0.150. The van der Waals surface area contributed by atoms with Crippen LogP contribution in [0.25, 0.3) is 0 Å². The van der Waals surface area contributed by atoms with E-state index >= 15 is 0 Å². The molecule has 5 heteroatoms. The molecule has 3 aromatic rings. The van der Waals surface area contributed by atoms with Crippen LogP contribution in [0.15, 0.2) is 70.1 Å². The molecular weight excluding hydrogens is 455 g/mol. The third-order valence-electron chi connectivity index (χ3n) is 8.03. The highest BCUT2D eigenvalue weighted by Crippen LogP contribution is 2.40. The highest BCUT2D eigenvalue weighted by atomic mass is 32.2. The molecule has 2 aromatic carbocycles. The molecule has 2 fully saturated rings. The lowest BCUT2D eigenvalue weighted by molar-refractivity contribution is -0.919. The molecule has 1 aliphatic heterocycles. The highest BCUT2D eigenvalue weighted by molar-refractivity contribution is 8.00. The van der Waals surface area contributed by atoms with Crippen molar-refractivity contribution in [1.82, 2.24) is 4.98 Å². The monoisotopic (exact) mass is 493 g/mol. The summed E-state index contributed by atoms with van der Waals surface area (Å²) in [6.07, 6.45) is 10.8. The summed E-state index contributed by atoms with van der Waals surface area (Å²) in [6.45, 7) is 5.38. The second-order valence-electron chi connectivity index (χ2n) is 10.4. The molecule has 5 rings (SSSR count). The quantitative estimate of drug-likeness (QED) is 0.388. The standard InChI is InChI=1S/C30H37FN2OS/c1-2-22-16-17-33(21-28(22)35-27-15-9-14-25(31)18-27)20-26-19-32-30(34-26)29(23-10-5-3-6-11-23)24-12-7-4-8-13-24/h3,5-6,9-11,14-15,18-19,22,24,28-29H,2,4,7-8,12-13,16-17,20-21H2,1H3/p+1. The molecule has 2 heterocycles. The first-order valence-electron chi connectivity index (χ1n) is 13.4. The molecule has 1 N–H and O–H groups in total. The Kier molecular flexibility index (Phi) is 8.25. The van der Waals surface area contributed by atoms with Crippen molar-refractivity contribution in [3.05, 3.63) is 83.8 Å². The lowest BCUT2D eigenvalue weighted by atomic mass is 9.77. The van der Waals surface area contributed by atoms with Crippen LogP contribution in [0, 0.1) is 17.7 Å². The smallest absolute Gasteiger partial charge is 0.202 e. The summed E-state index contributed by atoms with van der Waals surface area (Å²) in [4.78, 5) is 7.41. The first-order valence-corrected chi connectivity index (χ1v) is 14.3. The average molecular weight is 494 g/mol. The summed E-state index contributed by atoms with van der Waals surface area (Å²) >= 11 is 1.84. The van der Waals surface area contributed by atoms with E-state index in [4.69, 9.17) is 9.40 Å². The zero-order valence-corrected chi connectivity index (χ0v) is 21.6. The van der Waals surface area contributed by atoms with Crippen molar-refractivity contribution in [2.75, 3.05) is 13.1 Å². The third-order valence-corrected chi connectivity index (χ3v) is 9.41. The van der Waals surface area contributed by atoms with Crippen LogP contribution in [0.5, 0.6) is 0 Å². The largest absolute Gasteiger partial charge is 0.439 e. The SMILES string of the molecule is CCC1CC[NH+](Cc2cnc(C(c3ccccc3)C3CCCCC3)o2)CC1Sc1cccc(F)c1. The number of oxazole rings is 1. The zero-order chi connectivity index (χ0) is 24.0. The van der Waals surface area contributed by atoms with Crippen LogP contribution in [0.4, 0.5) is 4.39 Å². The van der Waals surface area contributed by atoms with Gasteiger partial charge < -0.3 is 9.32 Å². The van der Waals surface area contributed by atoms with Crippen LogP contribution in [0.1, 0.15) is 75.0 Å². The topological polar surface area (TPSA) is 30.5 Å². The molecule has 1 saturated heterocycles. The number of halogens is 1. The second kappa shape index (κ2) is 11.7. The minimum Gasteiger partial charge on any atom is -0.439 e. The molecule has 0 radical (unpaired) electrons. The summed E-state index contributed by atoms with van der Waals surface area (Å²) in [5, 5.41) is 0.493. The van der Waals surface area contributed by atoms with Crippen LogP contribution in [0.2, 0.25) is 0 Å². The van der Waals surface area contributed by atoms with Crippen LogP contribution in [-0.4, -0.2) is 23.3 Å². The van der Waals surface area contributed by atoms with Crippen molar-refractivity contribution in [1.29, 1.82) is 0 Å². The lowest BCUT2D eigenvalue weighted by Crippen LogP contribution is -3.13. The number of nitrogens with one attached hydrogen (secondary N) is 1. The van der Waals surface area contributed by atoms with Crippen molar-refractivity contribution in [3.8, 4) is 0 Å². The van der Waals surface area contributed by atoms with Gasteiger partial charge in [-0.25, -0.2) is 9.37 Å². The Labute approximate surface area is 213 Å². The lowest BCUT2D eigenvalue weighted by Gasteiger charge is -2.35. The molecule has 3 nitrogen and oxygen atoms in total. The van der Waals surface area contributed by atoms with Gasteiger partial charge in [0.05, 0.1) is 30.5 Å². The van der Waals surface area contributed by atoms with Crippen molar-refractivity contribution in [2.45, 2.75) is 74.5 Å². The van der Waals surface area contributed by atoms with Gasteiger partial charge in [-0.1, -0.05) is 69.0 Å². The molecule has 35 heavy (non-hydrogen) atoms. The average Bonchev–Trinajstić information content (AvgIpc) is 3.33. The molecule has 2 aliphatic rings. The minimum absolute atomic E-state index is 0.150. The van der Waals surface area contributed by atoms with E-state index in [1.165, 1.54) is 56.6 Å². The highest BCUT2D eigenvalue weighted by Gasteiger charge is 2.34. The van der Waals surface area contributed by atoms with Gasteiger partial charge in [-0.05, 0) is 48.4 Å². The van der Waals surface area contributed by atoms with E-state index in [1.807, 2.05) is 30.1 Å². The molecule has 0 bridgehead atoms. The van der Waals surface area contributed by atoms with Crippen LogP contribution < -0.4 is 4.90 Å². The molecule has 4 atom stereocenters. The van der Waals surface area contributed by atoms with Gasteiger partial charge in [-0.15, -0.1) is 11.8 Å². The number of hydrogen-bond donors (Lipinski definition) is 1. The van der Waals surface area contributed by atoms with E-state index < -0.39 is 0 Å². The molecule has 0 spiro atoms. The van der Waals surface area contributed by atoms with Crippen LogP contribution >= 0.6 is 11.8 Å². The summed E-state index contributed by atoms with van der Waals surface area (Å²) in [5.74, 6) is 3.27. The van der Waals surface area contributed by atoms with Crippen LogP contribution in [-0.2, 0) is 6.54 Å². The molecular formula is C30H38FN2OS+. The third kappa shape index (κ3) is 6.18. The number of benzene rings is 2. The van der Waals surface area contributed by atoms with Crippen molar-refractivity contribution in [2.24, 2.45) is 11.8 Å². The van der Waals surface area contributed by atoms with Gasteiger partial charge in [0.2, 0.25) is 5.89 Å². The van der Waals surface area contributed by atoms with Gasteiger partial charge >= 0.3 is 0 Å². The first-order chi connectivity index (χ1) is 17.2. The Hall–Kier alpha value is -2.11. The fourth-order valence-electron chi connectivity index (χ4n) is 6.15. The number of quaternary nitrogens is 1. The van der Waals surface area contributed by atoms with Crippen molar-refractivity contribution in [3.63, 3.8) is 0 Å². The van der Waals surface area contributed by atoms with Gasteiger partial charge in [0.1, 0.15) is 12.4 Å². The fourth-order valence-corrected chi connectivity index (χ4v) is 7.68. The zero-order valence-electron chi connectivity index (χ0n) is 20.8. The van der Waals surface area contributed by atoms with E-state index in [0.29, 0.717) is 17.1 Å². The molecule has 1 aromatic heterocycles. The Bertz CT molecular complexity index is 1060. The number of rotatable bonds is 8. The van der Waals surface area contributed by atoms with Gasteiger partial charge in [0.25, 0.3) is 0 Å². The maximum atomic E-state index is 13.8. The Morgan fingerprint density at radius 2 is 1.89 bits per heavy atom. The van der Waals surface area contributed by atoms with E-state index in [2.05, 4.69) is 37.3 Å². The number of piperidine rings is 1. The maximum absolute atomic E-state index is 13.8. The molecule has 0 amide bonds. The molecule has 186 valence electrons. The first kappa shape index (κ1) is 24.6. The summed E-state index contributed by atoms with van der Waals surface area (Å²) in [5.41, 5.74) is 1.33. The maximum Gasteiger partial charge on any atom is 0.202 e. The van der Waals surface area contributed by atoms with Gasteiger partial charge in [-0.2, -0.15) is 0 Å². The van der Waals surface area contributed by atoms with Gasteiger partial charge in [0, 0.05) is 11.3 Å². The molecule has 1 saturated carbocycles. The summed E-state index contributed by atoms with van der Waals surface area (Å²) in [7, 11) is 0. The number of nitrogens with zero attached hydrogens (tertiary/aromatic N) is 1. The predicted molar refractivity (Wildman–Crippen MR) is 140 cm³/mol. The van der Waals surface area contributed by atoms with Crippen LogP contribution in [0.3, 0.4) is 0 Å². The number of hydrogen-bond acceptors (Lipinski definition) is 3. The predicted octanol–water partition coefficient (Wildman–Crippen LogP) is 6.50. The van der Waals surface area contributed by atoms with E-state index in [1.54, 1.807) is 11.0 Å². The molecule has 4 unspecified atom stereocenters. The summed E-state index contributed by atoms with van der Waals surface area (Å²) in [6, 6.07) is 17.9.